The number of nitrogens with zero attached hydrogens (tertiary/aromatic N) is 2. The molecule has 0 aliphatic carbocycles. The molecule has 1 aliphatic heterocycles. The normalized spacial score (nSPS) is 25.5. The van der Waals surface area contributed by atoms with Gasteiger partial charge in [-0.15, -0.1) is 0 Å². The number of carboxylic acid groups (broad SMARTS) is 1. The lowest BCUT2D eigenvalue weighted by Gasteiger charge is -2.34. The van der Waals surface area contributed by atoms with Crippen molar-refractivity contribution < 1.29 is 9.90 Å². The van der Waals surface area contributed by atoms with Gasteiger partial charge in [-0.2, -0.15) is 0 Å². The van der Waals surface area contributed by atoms with E-state index in [1.165, 1.54) is 0 Å². The van der Waals surface area contributed by atoms with Crippen molar-refractivity contribution in [2.45, 2.75) is 38.3 Å². The number of aliphatic carboxylic acids is 1. The van der Waals surface area contributed by atoms with Crippen LogP contribution in [0.5, 0.6) is 0 Å². The molecule has 0 spiro atoms. The summed E-state index contributed by atoms with van der Waals surface area (Å²) in [6.07, 6.45) is 2.55. The first kappa shape index (κ1) is 14.4. The molecule has 0 bridgehead atoms. The standard InChI is InChI=1S/C12H25N3O2/c1-3-10-9-14(2)7-4-8-15(10)11(5-6-13)12(16)17/h10-11H,3-9,13H2,1-2H3,(H,16,17). The highest BCUT2D eigenvalue weighted by Gasteiger charge is 2.31. The smallest absolute Gasteiger partial charge is 0.320 e. The van der Waals surface area contributed by atoms with Crippen molar-refractivity contribution in [1.82, 2.24) is 9.80 Å². The van der Waals surface area contributed by atoms with E-state index in [0.717, 1.165) is 32.5 Å². The van der Waals surface area contributed by atoms with Gasteiger partial charge in [0.2, 0.25) is 0 Å². The molecule has 5 heteroatoms. The summed E-state index contributed by atoms with van der Waals surface area (Å²) in [6.45, 7) is 5.41. The molecule has 1 saturated heterocycles. The zero-order valence-corrected chi connectivity index (χ0v) is 10.9. The summed E-state index contributed by atoms with van der Waals surface area (Å²) in [6, 6.07) is -0.0911. The molecule has 0 amide bonds. The second kappa shape index (κ2) is 6.93. The summed E-state index contributed by atoms with van der Waals surface area (Å²) >= 11 is 0. The van der Waals surface area contributed by atoms with E-state index in [9.17, 15) is 9.90 Å². The Labute approximate surface area is 104 Å². The molecule has 0 aromatic carbocycles. The number of likely N-dealkylation sites (N-methyl/N-ethyl adjacent to an activating group) is 1. The van der Waals surface area contributed by atoms with Crippen molar-refractivity contribution >= 4 is 5.97 Å². The fourth-order valence-corrected chi connectivity index (χ4v) is 2.62. The monoisotopic (exact) mass is 243 g/mol. The van der Waals surface area contributed by atoms with Crippen LogP contribution in [0.1, 0.15) is 26.2 Å². The van der Waals surface area contributed by atoms with E-state index in [0.29, 0.717) is 19.0 Å². The van der Waals surface area contributed by atoms with Gasteiger partial charge < -0.3 is 15.7 Å². The van der Waals surface area contributed by atoms with Crippen molar-refractivity contribution in [2.75, 3.05) is 33.2 Å². The molecule has 0 radical (unpaired) electrons. The van der Waals surface area contributed by atoms with Crippen molar-refractivity contribution in [2.24, 2.45) is 5.73 Å². The first-order valence-corrected chi connectivity index (χ1v) is 6.47. The molecule has 5 nitrogen and oxygen atoms in total. The molecule has 1 aliphatic rings. The highest BCUT2D eigenvalue weighted by atomic mass is 16.4. The molecule has 2 unspecified atom stereocenters. The van der Waals surface area contributed by atoms with Crippen molar-refractivity contribution in [1.29, 1.82) is 0 Å². The molecule has 1 heterocycles. The lowest BCUT2D eigenvalue weighted by Crippen LogP contribution is -2.50. The maximum Gasteiger partial charge on any atom is 0.320 e. The lowest BCUT2D eigenvalue weighted by atomic mass is 10.1. The Hall–Kier alpha value is -0.650. The van der Waals surface area contributed by atoms with Gasteiger partial charge in [-0.05, 0) is 39.4 Å². The van der Waals surface area contributed by atoms with Crippen LogP contribution in [-0.2, 0) is 4.79 Å². The first-order chi connectivity index (χ1) is 8.10. The van der Waals surface area contributed by atoms with Gasteiger partial charge in [-0.25, -0.2) is 0 Å². The van der Waals surface area contributed by atoms with E-state index in [1.807, 2.05) is 0 Å². The van der Waals surface area contributed by atoms with Gasteiger partial charge in [0.05, 0.1) is 0 Å². The van der Waals surface area contributed by atoms with Crippen LogP contribution >= 0.6 is 0 Å². The second-order valence-electron chi connectivity index (χ2n) is 4.85. The van der Waals surface area contributed by atoms with Gasteiger partial charge in [0.1, 0.15) is 6.04 Å². The minimum Gasteiger partial charge on any atom is -0.480 e. The van der Waals surface area contributed by atoms with Crippen molar-refractivity contribution in [3.63, 3.8) is 0 Å². The minimum atomic E-state index is -0.738. The first-order valence-electron chi connectivity index (χ1n) is 6.47. The number of nitrogens with two attached hydrogens (primary N) is 1. The van der Waals surface area contributed by atoms with E-state index >= 15 is 0 Å². The topological polar surface area (TPSA) is 69.8 Å². The zero-order chi connectivity index (χ0) is 12.8. The molecule has 17 heavy (non-hydrogen) atoms. The predicted octanol–water partition coefficient (Wildman–Crippen LogP) is 0.205. The van der Waals surface area contributed by atoms with Gasteiger partial charge in [0.25, 0.3) is 0 Å². The van der Waals surface area contributed by atoms with Crippen molar-refractivity contribution in [3.05, 3.63) is 0 Å². The molecule has 1 rings (SSSR count). The third-order valence-corrected chi connectivity index (χ3v) is 3.54. The number of carboxylic acids is 1. The average molecular weight is 243 g/mol. The number of hydrogen-bond donors (Lipinski definition) is 2. The Bertz CT molecular complexity index is 248. The lowest BCUT2D eigenvalue weighted by molar-refractivity contribution is -0.144. The molecule has 0 aromatic rings. The molecule has 0 saturated carbocycles. The van der Waals surface area contributed by atoms with Crippen LogP contribution in [0.15, 0.2) is 0 Å². The summed E-state index contributed by atoms with van der Waals surface area (Å²) in [5.41, 5.74) is 5.53. The van der Waals surface area contributed by atoms with E-state index in [-0.39, 0.29) is 0 Å². The van der Waals surface area contributed by atoms with Crippen LogP contribution in [0.2, 0.25) is 0 Å². The summed E-state index contributed by atoms with van der Waals surface area (Å²) in [5.74, 6) is -0.738. The Kier molecular flexibility index (Phi) is 5.88. The molecular formula is C12H25N3O2. The average Bonchev–Trinajstić information content (AvgIpc) is 2.47. The third-order valence-electron chi connectivity index (χ3n) is 3.54. The van der Waals surface area contributed by atoms with Crippen LogP contribution in [-0.4, -0.2) is 66.2 Å². The largest absolute Gasteiger partial charge is 0.480 e. The molecule has 0 aromatic heterocycles. The quantitative estimate of drug-likeness (QED) is 0.722. The van der Waals surface area contributed by atoms with Crippen LogP contribution in [0.3, 0.4) is 0 Å². The Morgan fingerprint density at radius 3 is 2.76 bits per heavy atom. The molecule has 100 valence electrons. The van der Waals surface area contributed by atoms with E-state index in [1.54, 1.807) is 0 Å². The van der Waals surface area contributed by atoms with Crippen LogP contribution in [0, 0.1) is 0 Å². The maximum atomic E-state index is 11.3. The van der Waals surface area contributed by atoms with Crippen molar-refractivity contribution in [3.8, 4) is 0 Å². The van der Waals surface area contributed by atoms with Gasteiger partial charge >= 0.3 is 5.97 Å². The Morgan fingerprint density at radius 2 is 2.24 bits per heavy atom. The fraction of sp³-hybridized carbons (Fsp3) is 0.917. The van der Waals surface area contributed by atoms with E-state index in [2.05, 4.69) is 23.8 Å². The van der Waals surface area contributed by atoms with Crippen LogP contribution in [0.25, 0.3) is 0 Å². The van der Waals surface area contributed by atoms with E-state index in [4.69, 9.17) is 5.73 Å². The molecule has 1 fully saturated rings. The zero-order valence-electron chi connectivity index (χ0n) is 10.9. The summed E-state index contributed by atoms with van der Waals surface area (Å²) in [5, 5.41) is 9.32. The Morgan fingerprint density at radius 1 is 1.53 bits per heavy atom. The van der Waals surface area contributed by atoms with Gasteiger partial charge in [0.15, 0.2) is 0 Å². The van der Waals surface area contributed by atoms with E-state index < -0.39 is 12.0 Å². The van der Waals surface area contributed by atoms with Crippen LogP contribution in [0.4, 0.5) is 0 Å². The fourth-order valence-electron chi connectivity index (χ4n) is 2.62. The second-order valence-corrected chi connectivity index (χ2v) is 4.85. The van der Waals surface area contributed by atoms with Gasteiger partial charge in [-0.1, -0.05) is 6.92 Å². The minimum absolute atomic E-state index is 0.329. The third kappa shape index (κ3) is 3.94. The highest BCUT2D eigenvalue weighted by molar-refractivity contribution is 5.73. The summed E-state index contributed by atoms with van der Waals surface area (Å²) < 4.78 is 0. The highest BCUT2D eigenvalue weighted by Crippen LogP contribution is 2.17. The van der Waals surface area contributed by atoms with Crippen LogP contribution < -0.4 is 5.73 Å². The molecular weight excluding hydrogens is 218 g/mol. The Balaban J connectivity index is 2.78. The predicted molar refractivity (Wildman–Crippen MR) is 68.0 cm³/mol. The molecule has 2 atom stereocenters. The summed E-state index contributed by atoms with van der Waals surface area (Å²) in [7, 11) is 2.10. The number of rotatable bonds is 5. The van der Waals surface area contributed by atoms with Gasteiger partial charge in [0, 0.05) is 19.1 Å². The number of carbonyl (C=O) groups is 1. The SMILES string of the molecule is CCC1CN(C)CCCN1C(CCN)C(=O)O. The van der Waals surface area contributed by atoms with Gasteiger partial charge in [-0.3, -0.25) is 9.69 Å². The molecule has 3 N–H and O–H groups in total. The summed E-state index contributed by atoms with van der Waals surface area (Å²) in [4.78, 5) is 15.8. The maximum absolute atomic E-state index is 11.3. The number of hydrogen-bond acceptors (Lipinski definition) is 4.